The number of aromatic nitrogens is 2. The molecule has 0 saturated carbocycles. The zero-order chi connectivity index (χ0) is 14.1. The van der Waals surface area contributed by atoms with Crippen LogP contribution in [0.4, 0.5) is 0 Å². The Morgan fingerprint density at radius 3 is 2.65 bits per heavy atom. The lowest BCUT2D eigenvalue weighted by Crippen LogP contribution is -2.30. The number of nitrogens with zero attached hydrogens (tertiary/aromatic N) is 2. The maximum atomic E-state index is 5.73. The van der Waals surface area contributed by atoms with E-state index in [9.17, 15) is 0 Å². The van der Waals surface area contributed by atoms with Crippen molar-refractivity contribution in [1.29, 1.82) is 0 Å². The summed E-state index contributed by atoms with van der Waals surface area (Å²) in [6.07, 6.45) is 0. The topological polar surface area (TPSA) is 74.3 Å². The van der Waals surface area contributed by atoms with E-state index in [2.05, 4.69) is 10.5 Å². The molecule has 1 unspecified atom stereocenters. The van der Waals surface area contributed by atoms with Gasteiger partial charge in [-0.25, -0.2) is 5.43 Å². The summed E-state index contributed by atoms with van der Waals surface area (Å²) in [6.45, 7) is 3.12. The zero-order valence-electron chi connectivity index (χ0n) is 11.6. The molecule has 6 nitrogen and oxygen atoms in total. The van der Waals surface area contributed by atoms with Crippen molar-refractivity contribution < 1.29 is 9.47 Å². The molecule has 0 aliphatic carbocycles. The molecule has 2 aromatic rings. The largest absolute Gasteiger partial charge is 0.486 e. The first kappa shape index (κ1) is 13.0. The van der Waals surface area contributed by atoms with Gasteiger partial charge in [0.1, 0.15) is 13.2 Å². The van der Waals surface area contributed by atoms with Crippen LogP contribution in [0.2, 0.25) is 0 Å². The lowest BCUT2D eigenvalue weighted by molar-refractivity contribution is 0.171. The van der Waals surface area contributed by atoms with E-state index in [-0.39, 0.29) is 6.04 Å². The standard InChI is InChI=1S/C14H18N4O2/c1-9-7-11(18(2)17-9)14(16-15)10-3-4-12-13(8-10)20-6-5-19-12/h3-4,7-8,14,16H,5-6,15H2,1-2H3. The Morgan fingerprint density at radius 2 is 2.00 bits per heavy atom. The van der Waals surface area contributed by atoms with Gasteiger partial charge < -0.3 is 9.47 Å². The Kier molecular flexibility index (Phi) is 3.33. The van der Waals surface area contributed by atoms with Gasteiger partial charge in [0, 0.05) is 7.05 Å². The van der Waals surface area contributed by atoms with Crippen molar-refractivity contribution in [2.24, 2.45) is 12.9 Å². The molecule has 0 amide bonds. The number of benzene rings is 1. The summed E-state index contributed by atoms with van der Waals surface area (Å²) in [5.41, 5.74) is 5.81. The number of hydrazine groups is 1. The van der Waals surface area contributed by atoms with Crippen LogP contribution in [0.5, 0.6) is 11.5 Å². The molecule has 106 valence electrons. The van der Waals surface area contributed by atoms with E-state index in [4.69, 9.17) is 15.3 Å². The molecule has 3 rings (SSSR count). The fourth-order valence-electron chi connectivity index (χ4n) is 2.49. The third-order valence-corrected chi connectivity index (χ3v) is 3.40. The van der Waals surface area contributed by atoms with Crippen molar-refractivity contribution >= 4 is 0 Å². The number of nitrogens with two attached hydrogens (primary N) is 1. The SMILES string of the molecule is Cc1cc(C(NN)c2ccc3c(c2)OCCO3)n(C)n1. The second-order valence-electron chi connectivity index (χ2n) is 4.84. The Morgan fingerprint density at radius 1 is 1.25 bits per heavy atom. The summed E-state index contributed by atoms with van der Waals surface area (Å²) < 4.78 is 13.0. The molecule has 1 atom stereocenters. The van der Waals surface area contributed by atoms with Crippen LogP contribution in [0.15, 0.2) is 24.3 Å². The highest BCUT2D eigenvalue weighted by atomic mass is 16.6. The Hall–Kier alpha value is -2.05. The summed E-state index contributed by atoms with van der Waals surface area (Å²) in [5.74, 6) is 7.26. The molecule has 20 heavy (non-hydrogen) atoms. The second kappa shape index (κ2) is 5.15. The number of hydrogen-bond acceptors (Lipinski definition) is 5. The second-order valence-corrected chi connectivity index (χ2v) is 4.84. The van der Waals surface area contributed by atoms with Crippen molar-refractivity contribution in [3.63, 3.8) is 0 Å². The fraction of sp³-hybridized carbons (Fsp3) is 0.357. The number of nitrogens with one attached hydrogen (secondary N) is 1. The molecular formula is C14H18N4O2. The summed E-state index contributed by atoms with van der Waals surface area (Å²) in [5, 5.41) is 4.36. The zero-order valence-corrected chi connectivity index (χ0v) is 11.6. The quantitative estimate of drug-likeness (QED) is 0.646. The first-order chi connectivity index (χ1) is 9.69. The van der Waals surface area contributed by atoms with Crippen molar-refractivity contribution in [1.82, 2.24) is 15.2 Å². The summed E-state index contributed by atoms with van der Waals surface area (Å²) in [7, 11) is 1.91. The first-order valence-electron chi connectivity index (χ1n) is 6.55. The number of rotatable bonds is 3. The Labute approximate surface area is 117 Å². The molecular weight excluding hydrogens is 256 g/mol. The predicted octanol–water partition coefficient (Wildman–Crippen LogP) is 1.05. The molecule has 1 aromatic heterocycles. The minimum Gasteiger partial charge on any atom is -0.486 e. The molecule has 0 saturated heterocycles. The van der Waals surface area contributed by atoms with Gasteiger partial charge in [-0.2, -0.15) is 5.10 Å². The van der Waals surface area contributed by atoms with Crippen LogP contribution >= 0.6 is 0 Å². The van der Waals surface area contributed by atoms with Crippen LogP contribution in [-0.4, -0.2) is 23.0 Å². The van der Waals surface area contributed by atoms with Gasteiger partial charge in [-0.3, -0.25) is 10.5 Å². The number of fused-ring (bicyclic) bond motifs is 1. The molecule has 1 aliphatic heterocycles. The predicted molar refractivity (Wildman–Crippen MR) is 74.5 cm³/mol. The average Bonchev–Trinajstić information content (AvgIpc) is 2.78. The summed E-state index contributed by atoms with van der Waals surface area (Å²) in [6, 6.07) is 7.73. The third kappa shape index (κ3) is 2.23. The highest BCUT2D eigenvalue weighted by Crippen LogP contribution is 2.34. The summed E-state index contributed by atoms with van der Waals surface area (Å²) >= 11 is 0. The number of ether oxygens (including phenoxy) is 2. The van der Waals surface area contributed by atoms with Crippen LogP contribution in [0.25, 0.3) is 0 Å². The molecule has 0 fully saturated rings. The Bertz CT molecular complexity index is 624. The maximum Gasteiger partial charge on any atom is 0.161 e. The van der Waals surface area contributed by atoms with Crippen LogP contribution in [0.3, 0.4) is 0 Å². The van der Waals surface area contributed by atoms with Crippen LogP contribution < -0.4 is 20.7 Å². The van der Waals surface area contributed by atoms with Gasteiger partial charge in [0.05, 0.1) is 17.4 Å². The normalized spacial score (nSPS) is 15.2. The number of aryl methyl sites for hydroxylation is 2. The average molecular weight is 274 g/mol. The molecule has 6 heteroatoms. The van der Waals surface area contributed by atoms with E-state index in [0.717, 1.165) is 28.5 Å². The van der Waals surface area contributed by atoms with E-state index in [1.807, 2.05) is 42.9 Å². The smallest absolute Gasteiger partial charge is 0.161 e. The molecule has 0 radical (unpaired) electrons. The van der Waals surface area contributed by atoms with Crippen LogP contribution in [0.1, 0.15) is 23.0 Å². The van der Waals surface area contributed by atoms with Crippen molar-refractivity contribution in [2.45, 2.75) is 13.0 Å². The highest BCUT2D eigenvalue weighted by molar-refractivity contribution is 5.46. The lowest BCUT2D eigenvalue weighted by atomic mass is 10.0. The molecule has 3 N–H and O–H groups in total. The van der Waals surface area contributed by atoms with E-state index < -0.39 is 0 Å². The monoisotopic (exact) mass is 274 g/mol. The van der Waals surface area contributed by atoms with Gasteiger partial charge in [-0.15, -0.1) is 0 Å². The minimum absolute atomic E-state index is 0.142. The molecule has 0 spiro atoms. The molecule has 1 aliphatic rings. The van der Waals surface area contributed by atoms with E-state index in [1.165, 1.54) is 0 Å². The van der Waals surface area contributed by atoms with Crippen LogP contribution in [0, 0.1) is 6.92 Å². The molecule has 2 heterocycles. The van der Waals surface area contributed by atoms with Crippen molar-refractivity contribution in [3.05, 3.63) is 41.2 Å². The van der Waals surface area contributed by atoms with Gasteiger partial charge in [0.25, 0.3) is 0 Å². The van der Waals surface area contributed by atoms with Gasteiger partial charge in [-0.05, 0) is 30.7 Å². The van der Waals surface area contributed by atoms with Crippen molar-refractivity contribution in [3.8, 4) is 11.5 Å². The number of hydrogen-bond donors (Lipinski definition) is 2. The van der Waals surface area contributed by atoms with Gasteiger partial charge in [-0.1, -0.05) is 6.07 Å². The third-order valence-electron chi connectivity index (χ3n) is 3.40. The van der Waals surface area contributed by atoms with Gasteiger partial charge >= 0.3 is 0 Å². The summed E-state index contributed by atoms with van der Waals surface area (Å²) in [4.78, 5) is 0. The van der Waals surface area contributed by atoms with Crippen molar-refractivity contribution in [2.75, 3.05) is 13.2 Å². The van der Waals surface area contributed by atoms with E-state index in [0.29, 0.717) is 13.2 Å². The Balaban J connectivity index is 1.99. The van der Waals surface area contributed by atoms with Gasteiger partial charge in [0.2, 0.25) is 0 Å². The maximum absolute atomic E-state index is 5.73. The van der Waals surface area contributed by atoms with E-state index in [1.54, 1.807) is 0 Å². The van der Waals surface area contributed by atoms with Gasteiger partial charge in [0.15, 0.2) is 11.5 Å². The highest BCUT2D eigenvalue weighted by Gasteiger charge is 2.20. The first-order valence-corrected chi connectivity index (χ1v) is 6.55. The minimum atomic E-state index is -0.142. The van der Waals surface area contributed by atoms with E-state index >= 15 is 0 Å². The molecule has 1 aromatic carbocycles. The fourth-order valence-corrected chi connectivity index (χ4v) is 2.49. The molecule has 0 bridgehead atoms. The lowest BCUT2D eigenvalue weighted by Gasteiger charge is -2.22. The van der Waals surface area contributed by atoms with Crippen LogP contribution in [-0.2, 0) is 7.05 Å².